The van der Waals surface area contributed by atoms with E-state index in [0.717, 1.165) is 0 Å². The molecule has 1 rings (SSSR count). The highest BCUT2D eigenvalue weighted by atomic mass is 35.5. The molecule has 1 atom stereocenters. The van der Waals surface area contributed by atoms with Crippen LogP contribution in [-0.2, 0) is 16.0 Å². The van der Waals surface area contributed by atoms with Gasteiger partial charge in [0.05, 0.1) is 5.02 Å². The Labute approximate surface area is 106 Å². The number of rotatable bonds is 5. The average Bonchev–Trinajstić information content (AvgIpc) is 2.24. The fourth-order valence-electron chi connectivity index (χ4n) is 1.73. The van der Waals surface area contributed by atoms with Gasteiger partial charge >= 0.3 is 0 Å². The summed E-state index contributed by atoms with van der Waals surface area (Å²) in [4.78, 5) is 11.9. The number of carbonyl (C=O) groups excluding carboxylic acids is 1. The van der Waals surface area contributed by atoms with Crippen molar-refractivity contribution in [2.45, 2.75) is 26.4 Å². The molecule has 0 saturated carbocycles. The fourth-order valence-corrected chi connectivity index (χ4v) is 1.84. The molecule has 0 radical (unpaired) electrons. The zero-order valence-corrected chi connectivity index (χ0v) is 10.9. The van der Waals surface area contributed by atoms with Gasteiger partial charge in [0.1, 0.15) is 11.9 Å². The topological polar surface area (TPSA) is 26.3 Å². The van der Waals surface area contributed by atoms with E-state index in [9.17, 15) is 9.18 Å². The van der Waals surface area contributed by atoms with E-state index in [2.05, 4.69) is 0 Å². The van der Waals surface area contributed by atoms with Gasteiger partial charge in [-0.3, -0.25) is 4.79 Å². The number of carbonyl (C=O) groups is 1. The molecule has 0 N–H and O–H groups in total. The maximum Gasteiger partial charge on any atom is 0.166 e. The summed E-state index contributed by atoms with van der Waals surface area (Å²) in [5.74, 6) is -0.454. The normalized spacial score (nSPS) is 12.8. The Morgan fingerprint density at radius 3 is 2.59 bits per heavy atom. The maximum atomic E-state index is 13.2. The van der Waals surface area contributed by atoms with Crippen molar-refractivity contribution < 1.29 is 13.9 Å². The van der Waals surface area contributed by atoms with Crippen LogP contribution < -0.4 is 0 Å². The third kappa shape index (κ3) is 3.79. The summed E-state index contributed by atoms with van der Waals surface area (Å²) in [6.07, 6.45) is -0.293. The van der Waals surface area contributed by atoms with Crippen molar-refractivity contribution in [1.82, 2.24) is 0 Å². The quantitative estimate of drug-likeness (QED) is 0.810. The second-order valence-electron chi connectivity index (χ2n) is 4.29. The predicted octanol–water partition coefficient (Wildman–Crippen LogP) is 3.26. The number of hydrogen-bond donors (Lipinski definition) is 0. The molecule has 0 aliphatic carbocycles. The maximum absolute atomic E-state index is 13.2. The molecule has 0 bridgehead atoms. The lowest BCUT2D eigenvalue weighted by Crippen LogP contribution is -2.29. The highest BCUT2D eigenvalue weighted by Crippen LogP contribution is 2.17. The third-order valence-corrected chi connectivity index (χ3v) is 2.85. The molecule has 0 fully saturated rings. The van der Waals surface area contributed by atoms with Gasteiger partial charge in [-0.2, -0.15) is 0 Å². The van der Waals surface area contributed by atoms with Crippen molar-refractivity contribution >= 4 is 17.4 Å². The highest BCUT2D eigenvalue weighted by Gasteiger charge is 2.21. The molecular weight excluding hydrogens is 243 g/mol. The molecule has 2 nitrogen and oxygen atoms in total. The minimum Gasteiger partial charge on any atom is -0.373 e. The number of benzene rings is 1. The lowest BCUT2D eigenvalue weighted by Gasteiger charge is -2.17. The molecule has 0 aromatic heterocycles. The Kier molecular flexibility index (Phi) is 5.09. The fraction of sp³-hybridized carbons (Fsp3) is 0.462. The largest absolute Gasteiger partial charge is 0.373 e. The van der Waals surface area contributed by atoms with Crippen molar-refractivity contribution in [3.05, 3.63) is 34.6 Å². The molecule has 0 saturated heterocycles. The minimum atomic E-state index is -0.504. The first-order valence-corrected chi connectivity index (χ1v) is 5.83. The zero-order chi connectivity index (χ0) is 13.0. The van der Waals surface area contributed by atoms with Crippen LogP contribution in [0.1, 0.15) is 19.4 Å². The SMILES string of the molecule is COC(C(=O)Cc1ccc(Cl)c(F)c1)C(C)C. The Morgan fingerprint density at radius 2 is 2.12 bits per heavy atom. The van der Waals surface area contributed by atoms with E-state index in [1.54, 1.807) is 6.07 Å². The number of ether oxygens (including phenoxy) is 1. The van der Waals surface area contributed by atoms with Crippen molar-refractivity contribution in [1.29, 1.82) is 0 Å². The molecule has 0 amide bonds. The van der Waals surface area contributed by atoms with Gasteiger partial charge in [0.25, 0.3) is 0 Å². The summed E-state index contributed by atoms with van der Waals surface area (Å²) in [6.45, 7) is 3.82. The zero-order valence-electron chi connectivity index (χ0n) is 10.2. The molecule has 1 aromatic rings. The summed E-state index contributed by atoms with van der Waals surface area (Å²) in [7, 11) is 1.50. The standard InChI is InChI=1S/C13H16ClFO2/c1-8(2)13(17-3)12(16)7-9-4-5-10(14)11(15)6-9/h4-6,8,13H,7H2,1-3H3. The van der Waals surface area contributed by atoms with Crippen molar-refractivity contribution in [2.24, 2.45) is 5.92 Å². The van der Waals surface area contributed by atoms with Crippen LogP contribution in [0.4, 0.5) is 4.39 Å². The second-order valence-corrected chi connectivity index (χ2v) is 4.70. The van der Waals surface area contributed by atoms with E-state index in [-0.39, 0.29) is 23.1 Å². The summed E-state index contributed by atoms with van der Waals surface area (Å²) >= 11 is 5.57. The van der Waals surface area contributed by atoms with E-state index in [0.29, 0.717) is 5.56 Å². The van der Waals surface area contributed by atoms with Crippen LogP contribution >= 0.6 is 11.6 Å². The number of hydrogen-bond acceptors (Lipinski definition) is 2. The molecule has 1 unspecified atom stereocenters. The Hall–Kier alpha value is -0.930. The Bertz CT molecular complexity index is 404. The molecule has 1 aromatic carbocycles. The van der Waals surface area contributed by atoms with Crippen LogP contribution in [0.5, 0.6) is 0 Å². The van der Waals surface area contributed by atoms with Gasteiger partial charge in [0, 0.05) is 13.5 Å². The molecule has 0 spiro atoms. The van der Waals surface area contributed by atoms with E-state index in [1.165, 1.54) is 19.2 Å². The van der Waals surface area contributed by atoms with Crippen LogP contribution in [-0.4, -0.2) is 19.0 Å². The summed E-state index contributed by atoms with van der Waals surface area (Å²) in [6, 6.07) is 4.39. The van der Waals surface area contributed by atoms with E-state index < -0.39 is 11.9 Å². The van der Waals surface area contributed by atoms with Crippen molar-refractivity contribution in [2.75, 3.05) is 7.11 Å². The molecule has 4 heteroatoms. The molecule has 0 aliphatic heterocycles. The summed E-state index contributed by atoms with van der Waals surface area (Å²) < 4.78 is 18.3. The number of halogens is 2. The summed E-state index contributed by atoms with van der Waals surface area (Å²) in [5, 5.41) is 0.0633. The van der Waals surface area contributed by atoms with E-state index in [1.807, 2.05) is 13.8 Å². The number of methoxy groups -OCH3 is 1. The number of Topliss-reactive ketones (excluding diaryl/α,β-unsaturated/α-hetero) is 1. The summed E-state index contributed by atoms with van der Waals surface area (Å²) in [5.41, 5.74) is 0.611. The third-order valence-electron chi connectivity index (χ3n) is 2.54. The van der Waals surface area contributed by atoms with Crippen LogP contribution in [0.2, 0.25) is 5.02 Å². The average molecular weight is 259 g/mol. The molecule has 0 heterocycles. The van der Waals surface area contributed by atoms with Gasteiger partial charge in [0.15, 0.2) is 5.78 Å². The first-order chi connectivity index (χ1) is 7.95. The molecule has 17 heavy (non-hydrogen) atoms. The van der Waals surface area contributed by atoms with Gasteiger partial charge in [0.2, 0.25) is 0 Å². The van der Waals surface area contributed by atoms with Crippen LogP contribution in [0.3, 0.4) is 0 Å². The van der Waals surface area contributed by atoms with Crippen molar-refractivity contribution in [3.63, 3.8) is 0 Å². The Balaban J connectivity index is 2.77. The predicted molar refractivity (Wildman–Crippen MR) is 65.8 cm³/mol. The number of ketones is 1. The smallest absolute Gasteiger partial charge is 0.166 e. The van der Waals surface area contributed by atoms with Gasteiger partial charge in [-0.25, -0.2) is 4.39 Å². The minimum absolute atomic E-state index is 0.0516. The second kappa shape index (κ2) is 6.12. The first kappa shape index (κ1) is 14.1. The van der Waals surface area contributed by atoms with Crippen LogP contribution in [0.25, 0.3) is 0 Å². The van der Waals surface area contributed by atoms with Crippen molar-refractivity contribution in [3.8, 4) is 0 Å². The molecule has 94 valence electrons. The first-order valence-electron chi connectivity index (χ1n) is 5.45. The lowest BCUT2D eigenvalue weighted by molar-refractivity contribution is -0.130. The van der Waals surface area contributed by atoms with Gasteiger partial charge in [-0.15, -0.1) is 0 Å². The monoisotopic (exact) mass is 258 g/mol. The highest BCUT2D eigenvalue weighted by molar-refractivity contribution is 6.30. The van der Waals surface area contributed by atoms with Gasteiger partial charge in [-0.1, -0.05) is 31.5 Å². The molecule has 0 aliphatic rings. The van der Waals surface area contributed by atoms with Gasteiger partial charge < -0.3 is 4.74 Å². The van der Waals surface area contributed by atoms with E-state index in [4.69, 9.17) is 16.3 Å². The van der Waals surface area contributed by atoms with Crippen LogP contribution in [0.15, 0.2) is 18.2 Å². The van der Waals surface area contributed by atoms with Crippen LogP contribution in [0, 0.1) is 11.7 Å². The van der Waals surface area contributed by atoms with E-state index >= 15 is 0 Å². The lowest BCUT2D eigenvalue weighted by atomic mass is 9.98. The Morgan fingerprint density at radius 1 is 1.47 bits per heavy atom. The van der Waals surface area contributed by atoms with Gasteiger partial charge in [-0.05, 0) is 23.6 Å². The molecular formula is C13H16ClFO2.